The van der Waals surface area contributed by atoms with Gasteiger partial charge in [-0.3, -0.25) is 19.5 Å². The van der Waals surface area contributed by atoms with Gasteiger partial charge in [0.2, 0.25) is 0 Å². The molecule has 10 heteroatoms. The van der Waals surface area contributed by atoms with Gasteiger partial charge in [0.1, 0.15) is 5.76 Å². The average Bonchev–Trinajstić information content (AvgIpc) is 3.35. The molecule has 0 fully saturated rings. The zero-order chi connectivity index (χ0) is 22.1. The number of non-ortho nitro benzene ring substituents is 1. The Morgan fingerprint density at radius 1 is 1.39 bits per heavy atom. The normalized spacial score (nSPS) is 16.1. The van der Waals surface area contributed by atoms with Crippen LogP contribution in [0.2, 0.25) is 0 Å². The summed E-state index contributed by atoms with van der Waals surface area (Å²) in [6.07, 6.45) is 3.09. The Hall–Kier alpha value is -3.79. The molecule has 3 heterocycles. The number of nitrogens with zero attached hydrogens (tertiary/aromatic N) is 3. The van der Waals surface area contributed by atoms with E-state index in [4.69, 9.17) is 9.15 Å². The highest BCUT2D eigenvalue weighted by Gasteiger charge is 2.34. The molecule has 4 rings (SSSR count). The van der Waals surface area contributed by atoms with E-state index in [1.807, 2.05) is 0 Å². The molecule has 0 saturated carbocycles. The quantitative estimate of drug-likeness (QED) is 0.342. The molecule has 0 amide bonds. The summed E-state index contributed by atoms with van der Waals surface area (Å²) in [7, 11) is 0. The molecule has 1 atom stereocenters. The van der Waals surface area contributed by atoms with Gasteiger partial charge in [0, 0.05) is 18.2 Å². The molecule has 158 valence electrons. The lowest BCUT2D eigenvalue weighted by Crippen LogP contribution is -2.39. The van der Waals surface area contributed by atoms with Crippen LogP contribution in [0.15, 0.2) is 68.1 Å². The molecular weight excluding hydrogens is 422 g/mol. The van der Waals surface area contributed by atoms with E-state index in [-0.39, 0.29) is 23.4 Å². The predicted octanol–water partition coefficient (Wildman–Crippen LogP) is 2.30. The Labute approximate surface area is 179 Å². The number of hydrogen-bond acceptors (Lipinski definition) is 8. The van der Waals surface area contributed by atoms with Crippen LogP contribution in [0.4, 0.5) is 5.69 Å². The molecule has 0 unspecified atom stereocenters. The van der Waals surface area contributed by atoms with Crippen LogP contribution in [0.3, 0.4) is 0 Å². The molecule has 1 aromatic carbocycles. The van der Waals surface area contributed by atoms with Crippen molar-refractivity contribution in [1.82, 2.24) is 4.57 Å². The van der Waals surface area contributed by atoms with Gasteiger partial charge in [0.05, 0.1) is 39.6 Å². The molecule has 0 N–H and O–H groups in total. The second kappa shape index (κ2) is 8.15. The smallest absolute Gasteiger partial charge is 0.338 e. The van der Waals surface area contributed by atoms with Crippen LogP contribution >= 0.6 is 11.3 Å². The highest BCUT2D eigenvalue weighted by Crippen LogP contribution is 2.32. The second-order valence-electron chi connectivity index (χ2n) is 6.67. The highest BCUT2D eigenvalue weighted by atomic mass is 32.1. The molecule has 9 nitrogen and oxygen atoms in total. The summed E-state index contributed by atoms with van der Waals surface area (Å²) >= 11 is 1.15. The van der Waals surface area contributed by atoms with Gasteiger partial charge in [-0.05, 0) is 31.5 Å². The number of nitro benzene ring substituents is 1. The number of furan rings is 1. The van der Waals surface area contributed by atoms with E-state index in [1.54, 1.807) is 38.1 Å². The number of carbonyl (C=O) groups excluding carboxylic acids is 1. The fraction of sp³-hybridized carbons (Fsp3) is 0.190. The number of hydrogen-bond donors (Lipinski definition) is 0. The number of ether oxygens (including phenoxy) is 1. The van der Waals surface area contributed by atoms with Crippen LogP contribution in [0.5, 0.6) is 0 Å². The van der Waals surface area contributed by atoms with Crippen molar-refractivity contribution >= 4 is 29.1 Å². The highest BCUT2D eigenvalue weighted by molar-refractivity contribution is 7.07. The number of carbonyl (C=O) groups is 1. The lowest BCUT2D eigenvalue weighted by molar-refractivity contribution is -0.384. The van der Waals surface area contributed by atoms with E-state index in [1.165, 1.54) is 29.0 Å². The largest absolute Gasteiger partial charge is 0.465 e. The van der Waals surface area contributed by atoms with Crippen molar-refractivity contribution in [1.29, 1.82) is 0 Å². The summed E-state index contributed by atoms with van der Waals surface area (Å²) in [6, 6.07) is 8.37. The monoisotopic (exact) mass is 439 g/mol. The van der Waals surface area contributed by atoms with Gasteiger partial charge in [-0.1, -0.05) is 23.5 Å². The van der Waals surface area contributed by atoms with Crippen LogP contribution in [0.25, 0.3) is 6.08 Å². The zero-order valence-corrected chi connectivity index (χ0v) is 17.4. The number of esters is 1. The third kappa shape index (κ3) is 3.73. The topological polar surface area (TPSA) is 117 Å². The first-order valence-corrected chi connectivity index (χ1v) is 10.2. The first-order chi connectivity index (χ1) is 14.9. The maximum absolute atomic E-state index is 13.3. The number of rotatable bonds is 5. The van der Waals surface area contributed by atoms with Crippen molar-refractivity contribution in [3.8, 4) is 0 Å². The number of benzene rings is 1. The molecular formula is C21H17N3O6S. The van der Waals surface area contributed by atoms with Gasteiger partial charge >= 0.3 is 5.97 Å². The standard InChI is InChI=1S/C21H17N3O6S/c1-3-29-20(26)17-12(2)22-21-23(18(17)13-6-4-7-14(10-13)24(27)28)19(25)16(31-21)11-15-8-5-9-30-15/h4-11,18H,3H2,1-2H3/t18-/m1/s1. The Balaban J connectivity index is 1.99. The van der Waals surface area contributed by atoms with Crippen LogP contribution < -0.4 is 14.9 Å². The number of thiazole rings is 1. The van der Waals surface area contributed by atoms with Crippen LogP contribution in [0, 0.1) is 10.1 Å². The minimum atomic E-state index is -0.908. The average molecular weight is 439 g/mol. The van der Waals surface area contributed by atoms with Gasteiger partial charge in [-0.2, -0.15) is 0 Å². The molecule has 2 aromatic heterocycles. The van der Waals surface area contributed by atoms with E-state index in [0.29, 0.717) is 26.4 Å². The Morgan fingerprint density at radius 2 is 2.19 bits per heavy atom. The maximum atomic E-state index is 13.3. The van der Waals surface area contributed by atoms with Crippen LogP contribution in [0.1, 0.15) is 31.2 Å². The summed E-state index contributed by atoms with van der Waals surface area (Å²) in [5.41, 5.74) is 0.441. The van der Waals surface area contributed by atoms with Crippen molar-refractivity contribution in [2.45, 2.75) is 19.9 Å². The molecule has 1 aliphatic heterocycles. The third-order valence-corrected chi connectivity index (χ3v) is 5.71. The van der Waals surface area contributed by atoms with Crippen LogP contribution in [-0.2, 0) is 9.53 Å². The summed E-state index contributed by atoms with van der Waals surface area (Å²) < 4.78 is 12.2. The number of nitro groups is 1. The van der Waals surface area contributed by atoms with Crippen molar-refractivity contribution in [3.05, 3.63) is 95.1 Å². The molecule has 0 aliphatic carbocycles. The molecule has 1 aliphatic rings. The Bertz CT molecular complexity index is 1380. The van der Waals surface area contributed by atoms with E-state index >= 15 is 0 Å². The van der Waals surface area contributed by atoms with E-state index < -0.39 is 16.9 Å². The summed E-state index contributed by atoms with van der Waals surface area (Å²) in [4.78, 5) is 41.7. The van der Waals surface area contributed by atoms with Gasteiger partial charge in [0.15, 0.2) is 4.80 Å². The van der Waals surface area contributed by atoms with E-state index in [0.717, 1.165) is 11.3 Å². The first kappa shape index (κ1) is 20.5. The molecule has 0 spiro atoms. The van der Waals surface area contributed by atoms with Crippen LogP contribution in [-0.4, -0.2) is 22.1 Å². The van der Waals surface area contributed by atoms with Gasteiger partial charge in [0.25, 0.3) is 11.2 Å². The molecule has 31 heavy (non-hydrogen) atoms. The maximum Gasteiger partial charge on any atom is 0.338 e. The molecule has 0 radical (unpaired) electrons. The van der Waals surface area contributed by atoms with Gasteiger partial charge in [-0.15, -0.1) is 0 Å². The van der Waals surface area contributed by atoms with Gasteiger partial charge in [-0.25, -0.2) is 9.79 Å². The van der Waals surface area contributed by atoms with Crippen molar-refractivity contribution in [3.63, 3.8) is 0 Å². The minimum absolute atomic E-state index is 0.139. The molecule has 3 aromatic rings. The summed E-state index contributed by atoms with van der Waals surface area (Å²) in [5.74, 6) is -0.126. The fourth-order valence-corrected chi connectivity index (χ4v) is 4.44. The minimum Gasteiger partial charge on any atom is -0.465 e. The summed E-state index contributed by atoms with van der Waals surface area (Å²) in [6.45, 7) is 3.47. The number of allylic oxidation sites excluding steroid dienone is 1. The van der Waals surface area contributed by atoms with E-state index in [2.05, 4.69) is 4.99 Å². The first-order valence-electron chi connectivity index (χ1n) is 9.38. The lowest BCUT2D eigenvalue weighted by Gasteiger charge is -2.24. The van der Waals surface area contributed by atoms with E-state index in [9.17, 15) is 19.7 Å². The predicted molar refractivity (Wildman–Crippen MR) is 112 cm³/mol. The van der Waals surface area contributed by atoms with Gasteiger partial charge < -0.3 is 9.15 Å². The number of aromatic nitrogens is 1. The third-order valence-electron chi connectivity index (χ3n) is 4.73. The second-order valence-corrected chi connectivity index (χ2v) is 7.68. The number of fused-ring (bicyclic) bond motifs is 1. The SMILES string of the molecule is CCOC(=O)C1=C(C)N=c2sc(=Cc3ccco3)c(=O)n2[C@@H]1c1cccc([N+](=O)[O-])c1. The Morgan fingerprint density at radius 3 is 2.87 bits per heavy atom. The summed E-state index contributed by atoms with van der Waals surface area (Å²) in [5, 5.41) is 11.3. The zero-order valence-electron chi connectivity index (χ0n) is 16.6. The van der Waals surface area contributed by atoms with Crippen molar-refractivity contribution in [2.24, 2.45) is 4.99 Å². The van der Waals surface area contributed by atoms with Crippen molar-refractivity contribution < 1.29 is 18.9 Å². The molecule has 0 saturated heterocycles. The Kier molecular flexibility index (Phi) is 5.38. The van der Waals surface area contributed by atoms with Crippen molar-refractivity contribution in [2.75, 3.05) is 6.61 Å². The molecule has 0 bridgehead atoms. The lowest BCUT2D eigenvalue weighted by atomic mass is 9.95. The fourth-order valence-electron chi connectivity index (χ4n) is 3.42.